The van der Waals surface area contributed by atoms with Crippen molar-refractivity contribution in [2.24, 2.45) is 0 Å². The molecule has 0 unspecified atom stereocenters. The molecule has 1 fully saturated rings. The van der Waals surface area contributed by atoms with E-state index in [1.54, 1.807) is 41.0 Å². The number of rotatable bonds is 1. The molecular formula is C14H18ClN3O2. The number of carbonyl (C=O) groups is 2. The molecule has 1 saturated heterocycles. The summed E-state index contributed by atoms with van der Waals surface area (Å²) in [6, 6.07) is 6.85. The first-order valence-electron chi connectivity index (χ1n) is 6.63. The molecule has 0 spiro atoms. The molecule has 108 valence electrons. The van der Waals surface area contributed by atoms with Gasteiger partial charge in [0.2, 0.25) is 5.91 Å². The normalized spacial score (nSPS) is 15.7. The SMILES string of the molecule is CC(=O)N1CCCN(C(=O)Nc2ccc(Cl)cc2)CC1. The number of nitrogens with one attached hydrogen (secondary N) is 1. The van der Waals surface area contributed by atoms with Crippen molar-refractivity contribution >= 4 is 29.2 Å². The molecule has 0 radical (unpaired) electrons. The Balaban J connectivity index is 1.92. The molecule has 1 aromatic rings. The summed E-state index contributed by atoms with van der Waals surface area (Å²) >= 11 is 5.80. The second-order valence-electron chi connectivity index (χ2n) is 4.78. The van der Waals surface area contributed by atoms with Gasteiger partial charge in [0.25, 0.3) is 0 Å². The third-order valence-electron chi connectivity index (χ3n) is 3.32. The Hall–Kier alpha value is -1.75. The highest BCUT2D eigenvalue weighted by Crippen LogP contribution is 2.14. The zero-order valence-electron chi connectivity index (χ0n) is 11.4. The number of nitrogens with zero attached hydrogens (tertiary/aromatic N) is 2. The van der Waals surface area contributed by atoms with Crippen LogP contribution in [0.15, 0.2) is 24.3 Å². The molecule has 0 aromatic heterocycles. The smallest absolute Gasteiger partial charge is 0.321 e. The molecule has 1 N–H and O–H groups in total. The van der Waals surface area contributed by atoms with Crippen LogP contribution in [0.2, 0.25) is 5.02 Å². The first-order valence-corrected chi connectivity index (χ1v) is 7.01. The maximum absolute atomic E-state index is 12.2. The molecular weight excluding hydrogens is 278 g/mol. The van der Waals surface area contributed by atoms with Crippen LogP contribution in [0.5, 0.6) is 0 Å². The minimum Gasteiger partial charge on any atom is -0.341 e. The van der Waals surface area contributed by atoms with E-state index in [0.717, 1.165) is 6.42 Å². The van der Waals surface area contributed by atoms with Crippen LogP contribution in [0.25, 0.3) is 0 Å². The van der Waals surface area contributed by atoms with E-state index < -0.39 is 0 Å². The van der Waals surface area contributed by atoms with Gasteiger partial charge in [-0.15, -0.1) is 0 Å². The lowest BCUT2D eigenvalue weighted by molar-refractivity contribution is -0.128. The van der Waals surface area contributed by atoms with Crippen molar-refractivity contribution in [1.82, 2.24) is 9.80 Å². The van der Waals surface area contributed by atoms with Gasteiger partial charge in [-0.05, 0) is 30.7 Å². The third kappa shape index (κ3) is 3.87. The molecule has 5 nitrogen and oxygen atoms in total. The first kappa shape index (κ1) is 14.7. The van der Waals surface area contributed by atoms with Crippen LogP contribution in [0.1, 0.15) is 13.3 Å². The van der Waals surface area contributed by atoms with Crippen molar-refractivity contribution in [3.05, 3.63) is 29.3 Å². The van der Waals surface area contributed by atoms with E-state index >= 15 is 0 Å². The van der Waals surface area contributed by atoms with E-state index in [4.69, 9.17) is 11.6 Å². The molecule has 1 aromatic carbocycles. The first-order chi connectivity index (χ1) is 9.56. The number of anilines is 1. The molecule has 1 aliphatic heterocycles. The van der Waals surface area contributed by atoms with Crippen LogP contribution in [0.3, 0.4) is 0 Å². The Morgan fingerprint density at radius 1 is 1.05 bits per heavy atom. The van der Waals surface area contributed by atoms with Gasteiger partial charge in [0, 0.05) is 43.8 Å². The van der Waals surface area contributed by atoms with Crippen molar-refractivity contribution in [2.45, 2.75) is 13.3 Å². The maximum atomic E-state index is 12.2. The molecule has 1 aliphatic rings. The Labute approximate surface area is 123 Å². The van der Waals surface area contributed by atoms with Crippen LogP contribution in [-0.2, 0) is 4.79 Å². The molecule has 2 rings (SSSR count). The monoisotopic (exact) mass is 295 g/mol. The van der Waals surface area contributed by atoms with E-state index in [-0.39, 0.29) is 11.9 Å². The molecule has 6 heteroatoms. The Kier molecular flexibility index (Phi) is 4.84. The number of halogens is 1. The predicted octanol–water partition coefficient (Wildman–Crippen LogP) is 2.43. The molecule has 1 heterocycles. The largest absolute Gasteiger partial charge is 0.341 e. The minimum atomic E-state index is -0.141. The van der Waals surface area contributed by atoms with Crippen LogP contribution >= 0.6 is 11.6 Å². The Morgan fingerprint density at radius 2 is 1.65 bits per heavy atom. The zero-order valence-corrected chi connectivity index (χ0v) is 12.2. The average molecular weight is 296 g/mol. The second-order valence-corrected chi connectivity index (χ2v) is 5.22. The summed E-state index contributed by atoms with van der Waals surface area (Å²) in [7, 11) is 0. The second kappa shape index (κ2) is 6.61. The van der Waals surface area contributed by atoms with E-state index in [0.29, 0.717) is 36.9 Å². The third-order valence-corrected chi connectivity index (χ3v) is 3.58. The van der Waals surface area contributed by atoms with Gasteiger partial charge >= 0.3 is 6.03 Å². The summed E-state index contributed by atoms with van der Waals surface area (Å²) in [5.41, 5.74) is 0.715. The van der Waals surface area contributed by atoms with Crippen molar-refractivity contribution in [3.8, 4) is 0 Å². The van der Waals surface area contributed by atoms with Crippen LogP contribution < -0.4 is 5.32 Å². The molecule has 0 atom stereocenters. The predicted molar refractivity (Wildman–Crippen MR) is 78.9 cm³/mol. The van der Waals surface area contributed by atoms with Crippen molar-refractivity contribution in [1.29, 1.82) is 0 Å². The highest BCUT2D eigenvalue weighted by Gasteiger charge is 2.20. The van der Waals surface area contributed by atoms with Gasteiger partial charge in [0.05, 0.1) is 0 Å². The zero-order chi connectivity index (χ0) is 14.5. The Bertz CT molecular complexity index is 490. The van der Waals surface area contributed by atoms with Crippen LogP contribution in [0, 0.1) is 0 Å². The van der Waals surface area contributed by atoms with Gasteiger partial charge in [-0.3, -0.25) is 4.79 Å². The highest BCUT2D eigenvalue weighted by molar-refractivity contribution is 6.30. The summed E-state index contributed by atoms with van der Waals surface area (Å²) in [6.07, 6.45) is 0.799. The Morgan fingerprint density at radius 3 is 2.30 bits per heavy atom. The number of hydrogen-bond donors (Lipinski definition) is 1. The van der Waals surface area contributed by atoms with E-state index in [1.165, 1.54) is 0 Å². The summed E-state index contributed by atoms with van der Waals surface area (Å²) in [5.74, 6) is 0.0601. The van der Waals surface area contributed by atoms with Crippen LogP contribution in [-0.4, -0.2) is 47.9 Å². The number of amides is 3. The molecule has 3 amide bonds. The quantitative estimate of drug-likeness (QED) is 0.865. The standard InChI is InChI=1S/C14H18ClN3O2/c1-11(19)17-7-2-8-18(10-9-17)14(20)16-13-5-3-12(15)4-6-13/h3-6H,2,7-10H2,1H3,(H,16,20). The number of benzene rings is 1. The van der Waals surface area contributed by atoms with E-state index in [9.17, 15) is 9.59 Å². The summed E-state index contributed by atoms with van der Waals surface area (Å²) in [6.45, 7) is 4.06. The van der Waals surface area contributed by atoms with Gasteiger partial charge in [0.15, 0.2) is 0 Å². The molecule has 20 heavy (non-hydrogen) atoms. The van der Waals surface area contributed by atoms with E-state index in [2.05, 4.69) is 5.32 Å². The summed E-state index contributed by atoms with van der Waals surface area (Å²) < 4.78 is 0. The molecule has 0 saturated carbocycles. The number of hydrogen-bond acceptors (Lipinski definition) is 2. The van der Waals surface area contributed by atoms with Gasteiger partial charge < -0.3 is 15.1 Å². The topological polar surface area (TPSA) is 52.7 Å². The lowest BCUT2D eigenvalue weighted by atomic mass is 10.3. The average Bonchev–Trinajstić information content (AvgIpc) is 2.67. The van der Waals surface area contributed by atoms with Gasteiger partial charge in [-0.1, -0.05) is 11.6 Å². The number of carbonyl (C=O) groups excluding carboxylic acids is 2. The van der Waals surface area contributed by atoms with Crippen molar-refractivity contribution in [2.75, 3.05) is 31.5 Å². The fourth-order valence-corrected chi connectivity index (χ4v) is 2.30. The summed E-state index contributed by atoms with van der Waals surface area (Å²) in [5, 5.41) is 3.47. The fraction of sp³-hybridized carbons (Fsp3) is 0.429. The minimum absolute atomic E-state index is 0.0601. The van der Waals surface area contributed by atoms with E-state index in [1.807, 2.05) is 0 Å². The maximum Gasteiger partial charge on any atom is 0.321 e. The van der Waals surface area contributed by atoms with Crippen LogP contribution in [0.4, 0.5) is 10.5 Å². The van der Waals surface area contributed by atoms with Crippen molar-refractivity contribution in [3.63, 3.8) is 0 Å². The lowest BCUT2D eigenvalue weighted by Crippen LogP contribution is -2.38. The highest BCUT2D eigenvalue weighted by atomic mass is 35.5. The van der Waals surface area contributed by atoms with Gasteiger partial charge in [-0.25, -0.2) is 4.79 Å². The number of urea groups is 1. The molecule has 0 aliphatic carbocycles. The fourth-order valence-electron chi connectivity index (χ4n) is 2.17. The van der Waals surface area contributed by atoms with Gasteiger partial charge in [0.1, 0.15) is 0 Å². The van der Waals surface area contributed by atoms with Gasteiger partial charge in [-0.2, -0.15) is 0 Å². The summed E-state index contributed by atoms with van der Waals surface area (Å²) in [4.78, 5) is 27.0. The lowest BCUT2D eigenvalue weighted by Gasteiger charge is -2.21. The van der Waals surface area contributed by atoms with Crippen molar-refractivity contribution < 1.29 is 9.59 Å². The molecule has 0 bridgehead atoms.